The molecule has 0 saturated carbocycles. The molecule has 1 aromatic carbocycles. The summed E-state index contributed by atoms with van der Waals surface area (Å²) < 4.78 is 5.25. The summed E-state index contributed by atoms with van der Waals surface area (Å²) in [7, 11) is 0. The number of rotatable bonds is 7. The van der Waals surface area contributed by atoms with Gasteiger partial charge in [0.2, 0.25) is 5.91 Å². The molecule has 0 spiro atoms. The van der Waals surface area contributed by atoms with Gasteiger partial charge in [0.15, 0.2) is 0 Å². The Morgan fingerprint density at radius 2 is 2.00 bits per heavy atom. The quantitative estimate of drug-likeness (QED) is 0.524. The van der Waals surface area contributed by atoms with Gasteiger partial charge in [0, 0.05) is 12.1 Å². The number of carbonyl (C=O) groups is 2. The lowest BCUT2D eigenvalue weighted by atomic mass is 9.92. The van der Waals surface area contributed by atoms with Crippen LogP contribution in [0.4, 0.5) is 4.79 Å². The zero-order chi connectivity index (χ0) is 24.8. The second kappa shape index (κ2) is 10.8. The topological polar surface area (TPSA) is 119 Å². The van der Waals surface area contributed by atoms with Crippen LogP contribution in [0.15, 0.2) is 40.6 Å². The van der Waals surface area contributed by atoms with Crippen molar-refractivity contribution < 1.29 is 19.4 Å². The molecule has 10 heteroatoms. The Bertz CT molecular complexity index is 945. The Balaban J connectivity index is 1.64. The van der Waals surface area contributed by atoms with E-state index in [2.05, 4.69) is 27.4 Å². The summed E-state index contributed by atoms with van der Waals surface area (Å²) in [6.45, 7) is 11.0. The Morgan fingerprint density at radius 3 is 2.59 bits per heavy atom. The molecule has 0 bridgehead atoms. The molecule has 0 atom stereocenters. The van der Waals surface area contributed by atoms with E-state index in [0.717, 1.165) is 24.2 Å². The summed E-state index contributed by atoms with van der Waals surface area (Å²) in [6.07, 6.45) is 3.72. The summed E-state index contributed by atoms with van der Waals surface area (Å²) in [4.78, 5) is 30.0. The summed E-state index contributed by atoms with van der Waals surface area (Å²) in [5, 5.41) is 22.7. The zero-order valence-corrected chi connectivity index (χ0v) is 20.1. The van der Waals surface area contributed by atoms with Crippen LogP contribution in [0.25, 0.3) is 5.70 Å². The first kappa shape index (κ1) is 25.4. The molecule has 184 valence electrons. The fourth-order valence-electron chi connectivity index (χ4n) is 3.75. The molecule has 1 saturated heterocycles. The fraction of sp³-hybridized carbons (Fsp3) is 0.500. The molecule has 1 aromatic rings. The molecule has 3 rings (SSSR count). The molecule has 2 aliphatic heterocycles. The van der Waals surface area contributed by atoms with Crippen LogP contribution in [0.5, 0.6) is 0 Å². The van der Waals surface area contributed by atoms with E-state index < -0.39 is 17.3 Å². The van der Waals surface area contributed by atoms with Crippen molar-refractivity contribution in [3.8, 4) is 0 Å². The van der Waals surface area contributed by atoms with Crippen LogP contribution < -0.4 is 10.6 Å². The minimum absolute atomic E-state index is 0.0220. The van der Waals surface area contributed by atoms with Crippen molar-refractivity contribution in [3.63, 3.8) is 0 Å². The molecule has 1 fully saturated rings. The van der Waals surface area contributed by atoms with E-state index in [4.69, 9.17) is 4.74 Å². The zero-order valence-electron chi connectivity index (χ0n) is 20.1. The van der Waals surface area contributed by atoms with Crippen LogP contribution in [0.1, 0.15) is 44.7 Å². The summed E-state index contributed by atoms with van der Waals surface area (Å²) in [5.41, 5.74) is 0.841. The first-order chi connectivity index (χ1) is 16.1. The number of benzene rings is 1. The Kier molecular flexibility index (Phi) is 8.06. The van der Waals surface area contributed by atoms with Gasteiger partial charge in [-0.05, 0) is 59.0 Å². The highest BCUT2D eigenvalue weighted by molar-refractivity contribution is 5.92. The molecule has 10 nitrogen and oxygen atoms in total. The lowest BCUT2D eigenvalue weighted by Gasteiger charge is -2.37. The highest BCUT2D eigenvalue weighted by Gasteiger charge is 2.34. The van der Waals surface area contributed by atoms with Gasteiger partial charge in [0.1, 0.15) is 18.5 Å². The third kappa shape index (κ3) is 7.13. The van der Waals surface area contributed by atoms with E-state index in [1.165, 1.54) is 11.2 Å². The van der Waals surface area contributed by atoms with Crippen LogP contribution in [-0.4, -0.2) is 77.5 Å². The van der Waals surface area contributed by atoms with E-state index in [1.54, 1.807) is 11.2 Å². The summed E-state index contributed by atoms with van der Waals surface area (Å²) >= 11 is 0. The van der Waals surface area contributed by atoms with Gasteiger partial charge in [-0.3, -0.25) is 19.7 Å². The summed E-state index contributed by atoms with van der Waals surface area (Å²) in [6, 6.07) is 7.48. The Hall–Kier alpha value is -3.24. The number of aliphatic hydroxyl groups is 1. The average molecular weight is 471 g/mol. The second-order valence-corrected chi connectivity index (χ2v) is 9.53. The van der Waals surface area contributed by atoms with Gasteiger partial charge in [-0.25, -0.2) is 4.79 Å². The van der Waals surface area contributed by atoms with Gasteiger partial charge in [0.25, 0.3) is 0 Å². The Morgan fingerprint density at radius 1 is 1.32 bits per heavy atom. The number of amides is 2. The van der Waals surface area contributed by atoms with Crippen LogP contribution in [0, 0.1) is 0 Å². The monoisotopic (exact) mass is 470 g/mol. The van der Waals surface area contributed by atoms with Gasteiger partial charge in [0.05, 0.1) is 24.0 Å². The minimum Gasteiger partial charge on any atom is -0.444 e. The number of hydrogen-bond acceptors (Lipinski definition) is 8. The smallest absolute Gasteiger partial charge is 0.407 e. The lowest BCUT2D eigenvalue weighted by Crippen LogP contribution is -2.53. The molecule has 34 heavy (non-hydrogen) atoms. The fourth-order valence-corrected chi connectivity index (χ4v) is 3.75. The molecule has 0 aromatic heterocycles. The SMILES string of the molecule is C=N/C=C(/c1ccc(CNC(=O)OC(C)(C)C)cc1)N1CC(=O)N(CC2(O)CCNCC2)C=N1. The molecule has 0 unspecified atom stereocenters. The van der Waals surface area contributed by atoms with Crippen molar-refractivity contribution in [2.24, 2.45) is 10.1 Å². The molecule has 0 radical (unpaired) electrons. The standard InChI is InChI=1S/C24H34N6O4/c1-23(2,3)34-22(32)27-13-18-5-7-19(8-6-18)20(14-25-4)30-15-21(31)29(17-28-30)16-24(33)9-11-26-12-10-24/h5-8,14,17,26,33H,4,9-13,15-16H2,1-3H3,(H,27,32)/b20-14-. The number of piperidine rings is 1. The summed E-state index contributed by atoms with van der Waals surface area (Å²) in [5.74, 6) is -0.157. The van der Waals surface area contributed by atoms with Gasteiger partial charge < -0.3 is 20.5 Å². The van der Waals surface area contributed by atoms with Gasteiger partial charge in [-0.2, -0.15) is 5.10 Å². The average Bonchev–Trinajstić information content (AvgIpc) is 2.77. The third-order valence-electron chi connectivity index (χ3n) is 5.51. The van der Waals surface area contributed by atoms with E-state index in [0.29, 0.717) is 25.1 Å². The largest absolute Gasteiger partial charge is 0.444 e. The number of nitrogens with zero attached hydrogens (tertiary/aromatic N) is 4. The number of nitrogens with one attached hydrogen (secondary N) is 2. The van der Waals surface area contributed by atoms with Crippen molar-refractivity contribution >= 4 is 30.8 Å². The first-order valence-electron chi connectivity index (χ1n) is 11.3. The predicted octanol–water partition coefficient (Wildman–Crippen LogP) is 1.91. The van der Waals surface area contributed by atoms with Crippen LogP contribution >= 0.6 is 0 Å². The van der Waals surface area contributed by atoms with Crippen molar-refractivity contribution in [2.45, 2.75) is 51.4 Å². The molecule has 3 N–H and O–H groups in total. The first-order valence-corrected chi connectivity index (χ1v) is 11.3. The normalized spacial score (nSPS) is 18.6. The van der Waals surface area contributed by atoms with E-state index in [1.807, 2.05) is 45.0 Å². The number of β-amino-alcohol motifs (C(OH)–C–C–N with tert-alkyl or cyclic N) is 1. The van der Waals surface area contributed by atoms with Gasteiger partial charge in [-0.15, -0.1) is 0 Å². The maximum absolute atomic E-state index is 12.8. The van der Waals surface area contributed by atoms with Gasteiger partial charge in [-0.1, -0.05) is 24.3 Å². The van der Waals surface area contributed by atoms with Crippen molar-refractivity contribution in [1.82, 2.24) is 20.5 Å². The van der Waals surface area contributed by atoms with Crippen molar-refractivity contribution in [3.05, 3.63) is 41.6 Å². The minimum atomic E-state index is -0.903. The van der Waals surface area contributed by atoms with Gasteiger partial charge >= 0.3 is 6.09 Å². The maximum Gasteiger partial charge on any atom is 0.407 e. The number of aliphatic imine (C=N–C) groups is 1. The van der Waals surface area contributed by atoms with Crippen LogP contribution in [0.3, 0.4) is 0 Å². The van der Waals surface area contributed by atoms with Crippen LogP contribution in [0.2, 0.25) is 0 Å². The van der Waals surface area contributed by atoms with Crippen molar-refractivity contribution in [1.29, 1.82) is 0 Å². The number of hydrogen-bond donors (Lipinski definition) is 3. The van der Waals surface area contributed by atoms with E-state index >= 15 is 0 Å². The third-order valence-corrected chi connectivity index (χ3v) is 5.51. The highest BCUT2D eigenvalue weighted by atomic mass is 16.6. The molecule has 2 amide bonds. The number of carbonyl (C=O) groups excluding carboxylic acids is 2. The predicted molar refractivity (Wildman–Crippen MR) is 131 cm³/mol. The van der Waals surface area contributed by atoms with E-state index in [-0.39, 0.29) is 19.0 Å². The molecule has 2 aliphatic rings. The molecular formula is C24H34N6O4. The highest BCUT2D eigenvalue weighted by Crippen LogP contribution is 2.24. The van der Waals surface area contributed by atoms with Crippen molar-refractivity contribution in [2.75, 3.05) is 26.2 Å². The number of alkyl carbamates (subject to hydrolysis) is 1. The number of ether oxygens (including phenoxy) is 1. The van der Waals surface area contributed by atoms with Crippen LogP contribution in [-0.2, 0) is 16.1 Å². The lowest BCUT2D eigenvalue weighted by molar-refractivity contribution is -0.132. The second-order valence-electron chi connectivity index (χ2n) is 9.53. The molecular weight excluding hydrogens is 436 g/mol. The van der Waals surface area contributed by atoms with E-state index in [9.17, 15) is 14.7 Å². The molecule has 0 aliphatic carbocycles. The Labute approximate surface area is 200 Å². The maximum atomic E-state index is 12.8. The molecule has 2 heterocycles. The number of hydrazone groups is 1.